The predicted octanol–water partition coefficient (Wildman–Crippen LogP) is 3.73. The normalized spacial score (nSPS) is 30.1. The molecule has 0 aromatic heterocycles. The van der Waals surface area contributed by atoms with Crippen LogP contribution < -0.4 is 0 Å². The molecule has 16 heavy (non-hydrogen) atoms. The van der Waals surface area contributed by atoms with Crippen LogP contribution in [0.1, 0.15) is 51.0 Å². The van der Waals surface area contributed by atoms with E-state index in [0.29, 0.717) is 11.8 Å². The van der Waals surface area contributed by atoms with Crippen molar-refractivity contribution in [3.8, 4) is 0 Å². The van der Waals surface area contributed by atoms with E-state index in [1.165, 1.54) is 18.4 Å². The van der Waals surface area contributed by atoms with Gasteiger partial charge in [-0.1, -0.05) is 50.6 Å². The van der Waals surface area contributed by atoms with Gasteiger partial charge < -0.3 is 5.11 Å². The summed E-state index contributed by atoms with van der Waals surface area (Å²) in [6.45, 7) is 4.37. The Bertz CT molecular complexity index is 333. The lowest BCUT2D eigenvalue weighted by Gasteiger charge is -2.23. The monoisotopic (exact) mass is 218 g/mol. The van der Waals surface area contributed by atoms with Crippen molar-refractivity contribution in [2.24, 2.45) is 5.92 Å². The summed E-state index contributed by atoms with van der Waals surface area (Å²) in [5.74, 6) is 0.855. The smallest absolute Gasteiger partial charge is 0.0748 e. The van der Waals surface area contributed by atoms with Gasteiger partial charge in [0.1, 0.15) is 0 Å². The fourth-order valence-electron chi connectivity index (χ4n) is 3.03. The van der Waals surface area contributed by atoms with Crippen molar-refractivity contribution in [2.45, 2.75) is 51.0 Å². The van der Waals surface area contributed by atoms with Crippen LogP contribution in [0.5, 0.6) is 0 Å². The molecule has 0 bridgehead atoms. The van der Waals surface area contributed by atoms with Gasteiger partial charge in [0.15, 0.2) is 0 Å². The van der Waals surface area contributed by atoms with Crippen molar-refractivity contribution in [1.82, 2.24) is 0 Å². The SMILES string of the molecule is CCCC1CC1(O)C(CC)c1ccccc1. The summed E-state index contributed by atoms with van der Waals surface area (Å²) in [5.41, 5.74) is 0.887. The number of rotatable bonds is 5. The Hall–Kier alpha value is -0.820. The van der Waals surface area contributed by atoms with E-state index in [9.17, 15) is 5.11 Å². The molecule has 3 atom stereocenters. The first-order valence-electron chi connectivity index (χ1n) is 6.49. The molecular formula is C15H22O. The lowest BCUT2D eigenvalue weighted by molar-refractivity contribution is 0.0954. The molecule has 0 heterocycles. The molecule has 1 aliphatic rings. The lowest BCUT2D eigenvalue weighted by Crippen LogP contribution is -2.22. The van der Waals surface area contributed by atoms with Crippen LogP contribution in [0.25, 0.3) is 0 Å². The molecule has 0 saturated heterocycles. The van der Waals surface area contributed by atoms with E-state index in [1.807, 2.05) is 6.07 Å². The van der Waals surface area contributed by atoms with E-state index in [1.54, 1.807) is 0 Å². The summed E-state index contributed by atoms with van der Waals surface area (Å²) < 4.78 is 0. The maximum atomic E-state index is 10.6. The maximum Gasteiger partial charge on any atom is 0.0748 e. The summed E-state index contributed by atoms with van der Waals surface area (Å²) in [5, 5.41) is 10.6. The fraction of sp³-hybridized carbons (Fsp3) is 0.600. The molecule has 0 amide bonds. The van der Waals surface area contributed by atoms with Crippen LogP contribution in [-0.4, -0.2) is 10.7 Å². The third kappa shape index (κ3) is 2.01. The number of hydrogen-bond donors (Lipinski definition) is 1. The first kappa shape index (κ1) is 11.7. The largest absolute Gasteiger partial charge is 0.389 e. The minimum atomic E-state index is -0.411. The van der Waals surface area contributed by atoms with E-state index >= 15 is 0 Å². The van der Waals surface area contributed by atoms with E-state index in [2.05, 4.69) is 38.1 Å². The zero-order valence-electron chi connectivity index (χ0n) is 10.3. The van der Waals surface area contributed by atoms with Crippen LogP contribution >= 0.6 is 0 Å². The highest BCUT2D eigenvalue weighted by atomic mass is 16.3. The highest BCUT2D eigenvalue weighted by Gasteiger charge is 2.56. The molecule has 1 fully saturated rings. The highest BCUT2D eigenvalue weighted by Crippen LogP contribution is 2.55. The standard InChI is InChI=1S/C15H22O/c1-3-8-13-11-15(13,16)14(4-2)12-9-6-5-7-10-12/h5-7,9-10,13-14,16H,3-4,8,11H2,1-2H3. The Balaban J connectivity index is 2.13. The molecule has 1 aromatic carbocycles. The van der Waals surface area contributed by atoms with Gasteiger partial charge >= 0.3 is 0 Å². The Kier molecular flexibility index (Phi) is 3.34. The molecule has 0 aliphatic heterocycles. The average molecular weight is 218 g/mol. The van der Waals surface area contributed by atoms with Gasteiger partial charge in [0.25, 0.3) is 0 Å². The molecular weight excluding hydrogens is 196 g/mol. The summed E-state index contributed by atoms with van der Waals surface area (Å²) in [6.07, 6.45) is 4.37. The first-order valence-corrected chi connectivity index (χ1v) is 6.49. The van der Waals surface area contributed by atoms with E-state index in [0.717, 1.165) is 12.8 Å². The van der Waals surface area contributed by atoms with Crippen molar-refractivity contribution in [1.29, 1.82) is 0 Å². The summed E-state index contributed by atoms with van der Waals surface area (Å²) >= 11 is 0. The Morgan fingerprint density at radius 3 is 2.56 bits per heavy atom. The third-order valence-corrected chi connectivity index (χ3v) is 3.97. The van der Waals surface area contributed by atoms with Gasteiger partial charge in [-0.2, -0.15) is 0 Å². The molecule has 1 saturated carbocycles. The number of hydrogen-bond acceptors (Lipinski definition) is 1. The van der Waals surface area contributed by atoms with Crippen LogP contribution in [0.3, 0.4) is 0 Å². The molecule has 3 unspecified atom stereocenters. The molecule has 1 N–H and O–H groups in total. The van der Waals surface area contributed by atoms with Gasteiger partial charge in [-0.25, -0.2) is 0 Å². The Morgan fingerprint density at radius 2 is 2.00 bits per heavy atom. The van der Waals surface area contributed by atoms with Gasteiger partial charge in [-0.05, 0) is 30.7 Å². The molecule has 1 nitrogen and oxygen atoms in total. The van der Waals surface area contributed by atoms with Crippen molar-refractivity contribution in [3.63, 3.8) is 0 Å². The first-order chi connectivity index (χ1) is 7.72. The number of benzene rings is 1. The average Bonchev–Trinajstić information content (AvgIpc) is 2.93. The van der Waals surface area contributed by atoms with Gasteiger partial charge in [-0.15, -0.1) is 0 Å². The van der Waals surface area contributed by atoms with E-state index in [4.69, 9.17) is 0 Å². The van der Waals surface area contributed by atoms with Crippen molar-refractivity contribution >= 4 is 0 Å². The highest BCUT2D eigenvalue weighted by molar-refractivity contribution is 5.27. The molecule has 0 spiro atoms. The van der Waals surface area contributed by atoms with Crippen molar-refractivity contribution in [3.05, 3.63) is 35.9 Å². The van der Waals surface area contributed by atoms with E-state index in [-0.39, 0.29) is 0 Å². The molecule has 88 valence electrons. The lowest BCUT2D eigenvalue weighted by atomic mass is 9.87. The second-order valence-corrected chi connectivity index (χ2v) is 5.05. The van der Waals surface area contributed by atoms with E-state index < -0.39 is 5.60 Å². The predicted molar refractivity (Wildman–Crippen MR) is 67.4 cm³/mol. The molecule has 2 rings (SSSR count). The third-order valence-electron chi connectivity index (χ3n) is 3.97. The summed E-state index contributed by atoms with van der Waals surface area (Å²) in [4.78, 5) is 0. The maximum absolute atomic E-state index is 10.6. The van der Waals surface area contributed by atoms with Crippen LogP contribution in [0.15, 0.2) is 30.3 Å². The van der Waals surface area contributed by atoms with Gasteiger partial charge in [0.05, 0.1) is 5.60 Å². The summed E-state index contributed by atoms with van der Waals surface area (Å²) in [6, 6.07) is 10.5. The fourth-order valence-corrected chi connectivity index (χ4v) is 3.03. The molecule has 1 aliphatic carbocycles. The topological polar surface area (TPSA) is 20.2 Å². The van der Waals surface area contributed by atoms with Crippen LogP contribution in [-0.2, 0) is 0 Å². The van der Waals surface area contributed by atoms with Crippen molar-refractivity contribution in [2.75, 3.05) is 0 Å². The second-order valence-electron chi connectivity index (χ2n) is 5.05. The molecule has 0 radical (unpaired) electrons. The van der Waals surface area contributed by atoms with Crippen LogP contribution in [0, 0.1) is 5.92 Å². The molecule has 1 aromatic rings. The molecule has 1 heteroatoms. The minimum Gasteiger partial charge on any atom is -0.389 e. The minimum absolute atomic E-state index is 0.324. The van der Waals surface area contributed by atoms with Crippen molar-refractivity contribution < 1.29 is 5.11 Å². The van der Waals surface area contributed by atoms with Crippen LogP contribution in [0.2, 0.25) is 0 Å². The van der Waals surface area contributed by atoms with Gasteiger partial charge in [0.2, 0.25) is 0 Å². The zero-order chi connectivity index (χ0) is 11.6. The Morgan fingerprint density at radius 1 is 1.31 bits per heavy atom. The van der Waals surface area contributed by atoms with Gasteiger partial charge in [0, 0.05) is 5.92 Å². The van der Waals surface area contributed by atoms with Crippen LogP contribution in [0.4, 0.5) is 0 Å². The quantitative estimate of drug-likeness (QED) is 0.798. The van der Waals surface area contributed by atoms with Gasteiger partial charge in [-0.3, -0.25) is 0 Å². The number of aliphatic hydroxyl groups is 1. The summed E-state index contributed by atoms with van der Waals surface area (Å²) in [7, 11) is 0. The zero-order valence-corrected chi connectivity index (χ0v) is 10.3. The second kappa shape index (κ2) is 4.58. The Labute approximate surface area is 98.5 Å².